The highest BCUT2D eigenvalue weighted by Crippen LogP contribution is 2.29. The summed E-state index contributed by atoms with van der Waals surface area (Å²) in [5.41, 5.74) is 5.40. The Hall–Kier alpha value is -0.680. The smallest absolute Gasteiger partial charge is 0.226 e. The number of amides is 1. The monoisotopic (exact) mass is 256 g/mol. The second kappa shape index (κ2) is 5.31. The first kappa shape index (κ1) is 12.8. The molecule has 2 fully saturated rings. The van der Waals surface area contributed by atoms with Gasteiger partial charge in [0.25, 0.3) is 0 Å². The molecule has 1 atom stereocenters. The van der Waals surface area contributed by atoms with Gasteiger partial charge in [0.1, 0.15) is 0 Å². The molecule has 0 radical (unpaired) electrons. The van der Waals surface area contributed by atoms with E-state index in [1.165, 1.54) is 6.42 Å². The van der Waals surface area contributed by atoms with Crippen LogP contribution in [0.4, 0.5) is 0 Å². The minimum Gasteiger partial charge on any atom is -0.391 e. The van der Waals surface area contributed by atoms with Gasteiger partial charge in [-0.1, -0.05) is 31.5 Å². The van der Waals surface area contributed by atoms with E-state index in [-0.39, 0.29) is 11.8 Å². The number of carbonyl (C=O) groups excluding carboxylic acids is 1. The summed E-state index contributed by atoms with van der Waals surface area (Å²) in [4.78, 5) is 12.6. The Bertz CT molecular complexity index is 308. The van der Waals surface area contributed by atoms with Gasteiger partial charge >= 0.3 is 0 Å². The highest BCUT2D eigenvalue weighted by molar-refractivity contribution is 7.80. The Morgan fingerprint density at radius 1 is 1.35 bits per heavy atom. The van der Waals surface area contributed by atoms with Crippen molar-refractivity contribution in [2.75, 3.05) is 13.2 Å². The van der Waals surface area contributed by atoms with Gasteiger partial charge in [-0.15, -0.1) is 0 Å². The Balaban J connectivity index is 2.01. The topological polar surface area (TPSA) is 64.3 Å². The molecule has 1 heterocycles. The molecule has 1 saturated heterocycles. The van der Waals surface area contributed by atoms with Crippen LogP contribution in [-0.2, 0) is 9.53 Å². The number of hydrogen-bond donors (Lipinski definition) is 2. The third-order valence-corrected chi connectivity index (χ3v) is 4.23. The molecule has 5 heteroatoms. The lowest BCUT2D eigenvalue weighted by molar-refractivity contribution is -0.126. The van der Waals surface area contributed by atoms with Crippen LogP contribution >= 0.6 is 12.2 Å². The normalized spacial score (nSPS) is 27.6. The predicted octanol–water partition coefficient (Wildman–Crippen LogP) is 1.13. The van der Waals surface area contributed by atoms with E-state index in [4.69, 9.17) is 22.7 Å². The van der Waals surface area contributed by atoms with Gasteiger partial charge in [-0.05, 0) is 19.3 Å². The lowest BCUT2D eigenvalue weighted by Crippen LogP contribution is -2.58. The summed E-state index contributed by atoms with van der Waals surface area (Å²) in [5, 5.41) is 3.09. The first-order valence-electron chi connectivity index (χ1n) is 6.34. The zero-order valence-electron chi connectivity index (χ0n) is 10.0. The van der Waals surface area contributed by atoms with Gasteiger partial charge in [-0.2, -0.15) is 0 Å². The zero-order valence-corrected chi connectivity index (χ0v) is 10.9. The van der Waals surface area contributed by atoms with Gasteiger partial charge in [0.15, 0.2) is 0 Å². The molecule has 2 rings (SSSR count). The molecule has 0 spiro atoms. The fourth-order valence-corrected chi connectivity index (χ4v) is 2.92. The second-order valence-corrected chi connectivity index (χ2v) is 5.50. The fourth-order valence-electron chi connectivity index (χ4n) is 2.67. The van der Waals surface area contributed by atoms with Gasteiger partial charge in [0.05, 0.1) is 23.1 Å². The van der Waals surface area contributed by atoms with Crippen LogP contribution in [-0.4, -0.2) is 29.6 Å². The molecule has 0 aromatic rings. The lowest BCUT2D eigenvalue weighted by atomic mass is 9.81. The third-order valence-electron chi connectivity index (χ3n) is 3.84. The van der Waals surface area contributed by atoms with Crippen LogP contribution in [0, 0.1) is 5.92 Å². The number of nitrogens with two attached hydrogens (primary N) is 1. The molecule has 4 nitrogen and oxygen atoms in total. The number of thiocarbonyl (C=S) groups is 1. The molecule has 96 valence electrons. The molecular weight excluding hydrogens is 236 g/mol. The highest BCUT2D eigenvalue weighted by Gasteiger charge is 2.38. The Kier molecular flexibility index (Phi) is 3.99. The van der Waals surface area contributed by atoms with Crippen molar-refractivity contribution in [3.8, 4) is 0 Å². The van der Waals surface area contributed by atoms with E-state index in [1.54, 1.807) is 0 Å². The van der Waals surface area contributed by atoms with Gasteiger partial charge in [0.2, 0.25) is 5.91 Å². The highest BCUT2D eigenvalue weighted by atomic mass is 32.1. The van der Waals surface area contributed by atoms with E-state index in [9.17, 15) is 4.79 Å². The average molecular weight is 256 g/mol. The van der Waals surface area contributed by atoms with Crippen molar-refractivity contribution in [3.05, 3.63) is 0 Å². The van der Waals surface area contributed by atoms with Crippen LogP contribution < -0.4 is 11.1 Å². The number of nitrogens with one attached hydrogen (secondary N) is 1. The molecule has 0 aromatic carbocycles. The van der Waals surface area contributed by atoms with Crippen molar-refractivity contribution in [2.24, 2.45) is 11.7 Å². The van der Waals surface area contributed by atoms with Gasteiger partial charge in [-0.25, -0.2) is 0 Å². The van der Waals surface area contributed by atoms with E-state index >= 15 is 0 Å². The summed E-state index contributed by atoms with van der Waals surface area (Å²) in [7, 11) is 0. The van der Waals surface area contributed by atoms with Crippen LogP contribution in [0.15, 0.2) is 0 Å². The maximum atomic E-state index is 12.1. The largest absolute Gasteiger partial charge is 0.391 e. The summed E-state index contributed by atoms with van der Waals surface area (Å²) in [5.74, 6) is 0.0281. The summed E-state index contributed by atoms with van der Waals surface area (Å²) in [6, 6.07) is 0. The molecule has 3 N–H and O–H groups in total. The number of ether oxygens (including phenoxy) is 1. The second-order valence-electron chi connectivity index (χ2n) is 5.06. The minimum atomic E-state index is -0.437. The predicted molar refractivity (Wildman–Crippen MR) is 69.7 cm³/mol. The van der Waals surface area contributed by atoms with Crippen LogP contribution in [0.25, 0.3) is 0 Å². The average Bonchev–Trinajstić information content (AvgIpc) is 2.83. The third kappa shape index (κ3) is 2.77. The first-order chi connectivity index (χ1) is 8.14. The van der Waals surface area contributed by atoms with Crippen LogP contribution in [0.2, 0.25) is 0 Å². The maximum absolute atomic E-state index is 12.1. The van der Waals surface area contributed by atoms with Crippen LogP contribution in [0.1, 0.15) is 38.5 Å². The molecule has 1 aliphatic carbocycles. The molecule has 1 amide bonds. The van der Waals surface area contributed by atoms with E-state index in [2.05, 4.69) is 5.32 Å². The summed E-state index contributed by atoms with van der Waals surface area (Å²) < 4.78 is 5.24. The fraction of sp³-hybridized carbons (Fsp3) is 0.833. The summed E-state index contributed by atoms with van der Waals surface area (Å²) >= 11 is 5.15. The van der Waals surface area contributed by atoms with Crippen molar-refractivity contribution in [2.45, 2.75) is 44.1 Å². The Morgan fingerprint density at radius 3 is 2.59 bits per heavy atom. The molecular formula is C12H20N2O2S. The van der Waals surface area contributed by atoms with Gasteiger partial charge in [-0.3, -0.25) is 4.79 Å². The van der Waals surface area contributed by atoms with Crippen molar-refractivity contribution in [3.63, 3.8) is 0 Å². The van der Waals surface area contributed by atoms with Crippen LogP contribution in [0.3, 0.4) is 0 Å². The first-order valence-corrected chi connectivity index (χ1v) is 6.74. The molecule has 0 aromatic heterocycles. The molecule has 2 aliphatic rings. The number of hydrogen-bond acceptors (Lipinski definition) is 3. The van der Waals surface area contributed by atoms with E-state index in [1.807, 2.05) is 0 Å². The summed E-state index contributed by atoms with van der Waals surface area (Å²) in [6.07, 6.45) is 5.92. The number of rotatable bonds is 3. The van der Waals surface area contributed by atoms with Crippen molar-refractivity contribution >= 4 is 23.1 Å². The van der Waals surface area contributed by atoms with E-state index < -0.39 is 5.54 Å². The SMILES string of the molecule is NC(=S)C1(NC(=O)C2CCOC2)CCCCC1. The van der Waals surface area contributed by atoms with E-state index in [0.29, 0.717) is 18.2 Å². The standard InChI is InChI=1S/C12H20N2O2S/c13-11(17)12(5-2-1-3-6-12)14-10(15)9-4-7-16-8-9/h9H,1-8H2,(H2,13,17)(H,14,15). The van der Waals surface area contributed by atoms with Crippen molar-refractivity contribution < 1.29 is 9.53 Å². The van der Waals surface area contributed by atoms with E-state index in [0.717, 1.165) is 32.1 Å². The van der Waals surface area contributed by atoms with Gasteiger partial charge < -0.3 is 15.8 Å². The van der Waals surface area contributed by atoms with Crippen molar-refractivity contribution in [1.29, 1.82) is 0 Å². The van der Waals surface area contributed by atoms with Gasteiger partial charge in [0, 0.05) is 6.61 Å². The number of carbonyl (C=O) groups is 1. The zero-order chi connectivity index (χ0) is 12.3. The summed E-state index contributed by atoms with van der Waals surface area (Å²) in [6.45, 7) is 1.21. The molecule has 1 saturated carbocycles. The quantitative estimate of drug-likeness (QED) is 0.743. The Labute approximate surface area is 107 Å². The minimum absolute atomic E-state index is 0.0249. The Morgan fingerprint density at radius 2 is 2.06 bits per heavy atom. The molecule has 17 heavy (non-hydrogen) atoms. The molecule has 1 aliphatic heterocycles. The molecule has 0 bridgehead atoms. The van der Waals surface area contributed by atoms with Crippen molar-refractivity contribution in [1.82, 2.24) is 5.32 Å². The molecule has 1 unspecified atom stereocenters. The lowest BCUT2D eigenvalue weighted by Gasteiger charge is -2.37. The maximum Gasteiger partial charge on any atom is 0.226 e. The van der Waals surface area contributed by atoms with Crippen LogP contribution in [0.5, 0.6) is 0 Å².